The number of benzene rings is 1. The second kappa shape index (κ2) is 6.45. The molecule has 0 unspecified atom stereocenters. The predicted molar refractivity (Wildman–Crippen MR) is 93.3 cm³/mol. The highest BCUT2D eigenvalue weighted by Gasteiger charge is 2.18. The number of aryl methyl sites for hydroxylation is 1. The van der Waals surface area contributed by atoms with E-state index in [4.69, 9.17) is 4.74 Å². The summed E-state index contributed by atoms with van der Waals surface area (Å²) in [5.41, 5.74) is 1.77. The molecule has 0 spiro atoms. The summed E-state index contributed by atoms with van der Waals surface area (Å²) in [6, 6.07) is 9.12. The summed E-state index contributed by atoms with van der Waals surface area (Å²) < 4.78 is 6.58. The highest BCUT2D eigenvalue weighted by molar-refractivity contribution is 7.17. The molecule has 0 aliphatic carbocycles. The Morgan fingerprint density at radius 1 is 1.38 bits per heavy atom. The normalized spacial score (nSPS) is 10.8. The molecule has 0 fully saturated rings. The summed E-state index contributed by atoms with van der Waals surface area (Å²) in [5.74, 6) is 0.474. The first-order valence-electron chi connectivity index (χ1n) is 7.40. The van der Waals surface area contributed by atoms with Crippen LogP contribution in [0.2, 0.25) is 0 Å². The number of ether oxygens (including phenoxy) is 1. The third kappa shape index (κ3) is 2.90. The number of nitrogens with one attached hydrogen (secondary N) is 1. The molecule has 0 atom stereocenters. The van der Waals surface area contributed by atoms with Crippen LogP contribution < -0.4 is 15.6 Å². The highest BCUT2D eigenvalue weighted by Crippen LogP contribution is 2.21. The number of methoxy groups -OCH3 is 1. The molecule has 0 aliphatic heterocycles. The van der Waals surface area contributed by atoms with Crippen molar-refractivity contribution in [3.8, 4) is 5.75 Å². The zero-order valence-electron chi connectivity index (χ0n) is 13.6. The van der Waals surface area contributed by atoms with Crippen LogP contribution in [0.5, 0.6) is 5.75 Å². The maximum absolute atomic E-state index is 12.5. The molecule has 0 radical (unpaired) electrons. The molecule has 1 N–H and O–H groups in total. The molecule has 7 heteroatoms. The van der Waals surface area contributed by atoms with Crippen LogP contribution in [0.25, 0.3) is 4.96 Å². The van der Waals surface area contributed by atoms with Crippen LogP contribution in [0.1, 0.15) is 26.6 Å². The summed E-state index contributed by atoms with van der Waals surface area (Å²) in [4.78, 5) is 30.3. The topological polar surface area (TPSA) is 72.7 Å². The predicted octanol–water partition coefficient (Wildman–Crippen LogP) is 2.02. The lowest BCUT2D eigenvalue weighted by Gasteiger charge is -2.05. The quantitative estimate of drug-likeness (QED) is 0.787. The van der Waals surface area contributed by atoms with E-state index in [1.54, 1.807) is 14.2 Å². The van der Waals surface area contributed by atoms with Gasteiger partial charge in [0.25, 0.3) is 11.5 Å². The van der Waals surface area contributed by atoms with E-state index in [9.17, 15) is 9.59 Å². The monoisotopic (exact) mass is 343 g/mol. The van der Waals surface area contributed by atoms with Gasteiger partial charge >= 0.3 is 0 Å². The van der Waals surface area contributed by atoms with Gasteiger partial charge in [-0.25, -0.2) is 9.38 Å². The number of aromatic nitrogens is 2. The fourth-order valence-electron chi connectivity index (χ4n) is 2.59. The number of thiazole rings is 1. The molecular formula is C17H17N3O3S. The summed E-state index contributed by atoms with van der Waals surface area (Å²) in [7, 11) is 3.16. The third-order valence-electron chi connectivity index (χ3n) is 3.70. The van der Waals surface area contributed by atoms with Crippen molar-refractivity contribution in [1.29, 1.82) is 0 Å². The van der Waals surface area contributed by atoms with E-state index in [1.807, 2.05) is 31.2 Å². The van der Waals surface area contributed by atoms with Gasteiger partial charge < -0.3 is 10.1 Å². The van der Waals surface area contributed by atoms with Gasteiger partial charge in [0.2, 0.25) is 0 Å². The molecule has 24 heavy (non-hydrogen) atoms. The Balaban J connectivity index is 2.05. The van der Waals surface area contributed by atoms with E-state index in [2.05, 4.69) is 10.3 Å². The molecule has 2 heterocycles. The third-order valence-corrected chi connectivity index (χ3v) is 4.66. The van der Waals surface area contributed by atoms with Crippen molar-refractivity contribution in [3.05, 3.63) is 62.5 Å². The first kappa shape index (κ1) is 16.2. The Bertz CT molecular complexity index is 975. The van der Waals surface area contributed by atoms with Gasteiger partial charge in [-0.2, -0.15) is 0 Å². The minimum absolute atomic E-state index is 0.249. The fraction of sp³-hybridized carbons (Fsp3) is 0.235. The number of nitrogens with zero attached hydrogens (tertiary/aromatic N) is 2. The van der Waals surface area contributed by atoms with Gasteiger partial charge in [-0.3, -0.25) is 9.59 Å². The Morgan fingerprint density at radius 3 is 2.88 bits per heavy atom. The zero-order valence-corrected chi connectivity index (χ0v) is 14.4. The Hall–Kier alpha value is -2.67. The molecule has 1 amide bonds. The van der Waals surface area contributed by atoms with Crippen molar-refractivity contribution in [1.82, 2.24) is 14.7 Å². The summed E-state index contributed by atoms with van der Waals surface area (Å²) in [6.45, 7) is 1.81. The summed E-state index contributed by atoms with van der Waals surface area (Å²) in [5, 5.41) is 2.56. The Morgan fingerprint density at radius 2 is 2.17 bits per heavy atom. The van der Waals surface area contributed by atoms with E-state index < -0.39 is 0 Å². The largest absolute Gasteiger partial charge is 0.497 e. The van der Waals surface area contributed by atoms with Gasteiger partial charge in [-0.15, -0.1) is 11.3 Å². The molecule has 0 saturated heterocycles. The number of fused-ring (bicyclic) bond motifs is 1. The lowest BCUT2D eigenvalue weighted by molar-refractivity contribution is 0.0956. The van der Waals surface area contributed by atoms with Crippen LogP contribution in [-0.4, -0.2) is 29.4 Å². The molecule has 124 valence electrons. The SMILES string of the molecule is CNC(=O)c1c(C)sc2nc(Cc3cccc(OC)c3)cc(=O)n12. The number of rotatable bonds is 4. The van der Waals surface area contributed by atoms with Crippen LogP contribution in [-0.2, 0) is 6.42 Å². The molecule has 1 aromatic carbocycles. The average molecular weight is 343 g/mol. The average Bonchev–Trinajstić information content (AvgIpc) is 2.90. The maximum Gasteiger partial charge on any atom is 0.269 e. The molecule has 3 aromatic rings. The zero-order chi connectivity index (χ0) is 17.3. The lowest BCUT2D eigenvalue weighted by atomic mass is 10.1. The van der Waals surface area contributed by atoms with Gasteiger partial charge in [0.1, 0.15) is 11.4 Å². The molecule has 0 saturated carbocycles. The Kier molecular flexibility index (Phi) is 4.35. The van der Waals surface area contributed by atoms with Gasteiger partial charge in [0.05, 0.1) is 12.8 Å². The number of hydrogen-bond acceptors (Lipinski definition) is 5. The van der Waals surface area contributed by atoms with Gasteiger partial charge in [0, 0.05) is 24.4 Å². The van der Waals surface area contributed by atoms with E-state index in [-0.39, 0.29) is 11.5 Å². The van der Waals surface area contributed by atoms with Gasteiger partial charge in [-0.05, 0) is 24.6 Å². The van der Waals surface area contributed by atoms with Gasteiger partial charge in [-0.1, -0.05) is 12.1 Å². The van der Waals surface area contributed by atoms with Crippen molar-refractivity contribution < 1.29 is 9.53 Å². The second-order valence-corrected chi connectivity index (χ2v) is 6.50. The molecule has 6 nitrogen and oxygen atoms in total. The second-order valence-electron chi connectivity index (χ2n) is 5.32. The van der Waals surface area contributed by atoms with E-state index in [1.165, 1.54) is 21.8 Å². The minimum Gasteiger partial charge on any atom is -0.497 e. The first-order valence-corrected chi connectivity index (χ1v) is 8.22. The first-order chi connectivity index (χ1) is 11.5. The summed E-state index contributed by atoms with van der Waals surface area (Å²) in [6.07, 6.45) is 0.523. The van der Waals surface area contributed by atoms with Crippen molar-refractivity contribution >= 4 is 22.2 Å². The standard InChI is InChI=1S/C17H17N3O3S/c1-10-15(16(22)18-2)20-14(21)9-12(19-17(20)24-10)7-11-5-4-6-13(8-11)23-3/h4-6,8-9H,7H2,1-3H3,(H,18,22). The van der Waals surface area contributed by atoms with E-state index >= 15 is 0 Å². The van der Waals surface area contributed by atoms with Crippen molar-refractivity contribution in [3.63, 3.8) is 0 Å². The number of amides is 1. The molecule has 3 rings (SSSR count). The van der Waals surface area contributed by atoms with E-state index in [0.717, 1.165) is 16.2 Å². The van der Waals surface area contributed by atoms with Crippen molar-refractivity contribution in [2.24, 2.45) is 0 Å². The highest BCUT2D eigenvalue weighted by atomic mass is 32.1. The smallest absolute Gasteiger partial charge is 0.269 e. The van der Waals surface area contributed by atoms with Crippen molar-refractivity contribution in [2.45, 2.75) is 13.3 Å². The van der Waals surface area contributed by atoms with Crippen molar-refractivity contribution in [2.75, 3.05) is 14.2 Å². The maximum atomic E-state index is 12.5. The molecule has 2 aromatic heterocycles. The molecule has 0 bridgehead atoms. The molecule has 0 aliphatic rings. The van der Waals surface area contributed by atoms with Crippen LogP contribution in [0.3, 0.4) is 0 Å². The van der Waals surface area contributed by atoms with Crippen LogP contribution in [0.4, 0.5) is 0 Å². The number of carbonyl (C=O) groups is 1. The van der Waals surface area contributed by atoms with E-state index in [0.29, 0.717) is 22.8 Å². The van der Waals surface area contributed by atoms with Crippen LogP contribution in [0.15, 0.2) is 35.1 Å². The van der Waals surface area contributed by atoms with Crippen LogP contribution >= 0.6 is 11.3 Å². The summed E-state index contributed by atoms with van der Waals surface area (Å²) >= 11 is 1.34. The number of carbonyl (C=O) groups excluding carboxylic acids is 1. The Labute approximate surface area is 142 Å². The van der Waals surface area contributed by atoms with Gasteiger partial charge in [0.15, 0.2) is 4.96 Å². The minimum atomic E-state index is -0.289. The lowest BCUT2D eigenvalue weighted by Crippen LogP contribution is -2.25. The number of hydrogen-bond donors (Lipinski definition) is 1. The molecular weight excluding hydrogens is 326 g/mol. The van der Waals surface area contributed by atoms with Crippen LogP contribution in [0, 0.1) is 6.92 Å². The fourth-order valence-corrected chi connectivity index (χ4v) is 3.58.